The molecule has 3 amide bonds. The van der Waals surface area contributed by atoms with Crippen molar-refractivity contribution in [2.24, 2.45) is 11.8 Å². The summed E-state index contributed by atoms with van der Waals surface area (Å²) in [4.78, 5) is 24.7. The molecule has 0 aliphatic heterocycles. The molecule has 3 aliphatic carbocycles. The lowest BCUT2D eigenvalue weighted by Gasteiger charge is -2.36. The van der Waals surface area contributed by atoms with Gasteiger partial charge in [0.05, 0.1) is 0 Å². The molecule has 0 aromatic carbocycles. The molecule has 28 heavy (non-hydrogen) atoms. The minimum absolute atomic E-state index is 0.0518. The fourth-order valence-electron chi connectivity index (χ4n) is 5.00. The molecule has 3 fully saturated rings. The van der Waals surface area contributed by atoms with E-state index in [1.165, 1.54) is 19.3 Å². The molecule has 3 aliphatic rings. The van der Waals surface area contributed by atoms with E-state index in [1.807, 2.05) is 0 Å². The average molecular weight is 394 g/mol. The van der Waals surface area contributed by atoms with Crippen molar-refractivity contribution in [1.82, 2.24) is 16.0 Å². The van der Waals surface area contributed by atoms with Crippen LogP contribution in [0.1, 0.15) is 90.9 Å². The number of hydrogen-bond donors (Lipinski definition) is 3. The highest BCUT2D eigenvalue weighted by molar-refractivity contribution is 5.74. The molecule has 6 heteroatoms. The molecule has 0 spiro atoms. The number of rotatable bonds is 4. The molecule has 3 unspecified atom stereocenters. The Bertz CT molecular complexity index is 513. The summed E-state index contributed by atoms with van der Waals surface area (Å²) in [6.07, 6.45) is 12.6. The van der Waals surface area contributed by atoms with Gasteiger partial charge in [0.25, 0.3) is 0 Å². The first kappa shape index (κ1) is 21.3. The summed E-state index contributed by atoms with van der Waals surface area (Å²) in [6.45, 7) is 4.43. The van der Waals surface area contributed by atoms with Crippen LogP contribution in [0.25, 0.3) is 0 Å². The highest BCUT2D eigenvalue weighted by Crippen LogP contribution is 2.27. The van der Waals surface area contributed by atoms with Gasteiger partial charge < -0.3 is 20.7 Å². The fraction of sp³-hybridized carbons (Fsp3) is 0.909. The number of alkyl carbamates (subject to hydrolysis) is 1. The van der Waals surface area contributed by atoms with Crippen molar-refractivity contribution in [3.63, 3.8) is 0 Å². The molecule has 3 atom stereocenters. The summed E-state index contributed by atoms with van der Waals surface area (Å²) in [5, 5.41) is 9.34. The zero-order valence-corrected chi connectivity index (χ0v) is 17.7. The van der Waals surface area contributed by atoms with E-state index in [4.69, 9.17) is 4.74 Å². The van der Waals surface area contributed by atoms with Gasteiger partial charge in [-0.1, -0.05) is 33.1 Å². The van der Waals surface area contributed by atoms with Gasteiger partial charge in [-0.05, 0) is 69.6 Å². The Balaban J connectivity index is 1.40. The monoisotopic (exact) mass is 393 g/mol. The highest BCUT2D eigenvalue weighted by atomic mass is 16.6. The Kier molecular flexibility index (Phi) is 7.86. The summed E-state index contributed by atoms with van der Waals surface area (Å²) in [7, 11) is 0. The van der Waals surface area contributed by atoms with Gasteiger partial charge >= 0.3 is 12.1 Å². The smallest absolute Gasteiger partial charge is 0.407 e. The first-order chi connectivity index (χ1) is 13.5. The summed E-state index contributed by atoms with van der Waals surface area (Å²) in [6, 6.07) is 0.437. The maximum Gasteiger partial charge on any atom is 0.407 e. The van der Waals surface area contributed by atoms with Crippen LogP contribution in [0.15, 0.2) is 0 Å². The van der Waals surface area contributed by atoms with E-state index in [-0.39, 0.29) is 30.3 Å². The Hall–Kier alpha value is -1.46. The molecule has 6 nitrogen and oxygen atoms in total. The summed E-state index contributed by atoms with van der Waals surface area (Å²) < 4.78 is 5.66. The first-order valence-corrected chi connectivity index (χ1v) is 11.5. The normalized spacial score (nSPS) is 34.3. The lowest BCUT2D eigenvalue weighted by molar-refractivity contribution is 0.0602. The Morgan fingerprint density at radius 2 is 1.43 bits per heavy atom. The van der Waals surface area contributed by atoms with Crippen LogP contribution in [0.4, 0.5) is 9.59 Å². The Labute approximate surface area is 169 Å². The van der Waals surface area contributed by atoms with E-state index in [0.29, 0.717) is 12.0 Å². The van der Waals surface area contributed by atoms with Crippen LogP contribution in [-0.2, 0) is 4.74 Å². The number of amides is 3. The molecule has 0 saturated heterocycles. The van der Waals surface area contributed by atoms with E-state index in [0.717, 1.165) is 63.7 Å². The third kappa shape index (κ3) is 6.56. The average Bonchev–Trinajstić information content (AvgIpc) is 2.67. The van der Waals surface area contributed by atoms with Crippen LogP contribution in [0.5, 0.6) is 0 Å². The van der Waals surface area contributed by atoms with Crippen molar-refractivity contribution in [1.29, 1.82) is 0 Å². The Morgan fingerprint density at radius 1 is 0.750 bits per heavy atom. The second kappa shape index (κ2) is 10.4. The van der Waals surface area contributed by atoms with Gasteiger partial charge in [-0.15, -0.1) is 0 Å². The number of carbonyl (C=O) groups excluding carboxylic acids is 2. The number of nitrogens with one attached hydrogen (secondary N) is 3. The molecule has 3 N–H and O–H groups in total. The molecule has 0 bridgehead atoms. The van der Waals surface area contributed by atoms with Crippen molar-refractivity contribution < 1.29 is 14.3 Å². The third-order valence-corrected chi connectivity index (χ3v) is 7.01. The molecule has 3 saturated carbocycles. The minimum Gasteiger partial charge on any atom is -0.446 e. The van der Waals surface area contributed by atoms with E-state index >= 15 is 0 Å². The molecular weight excluding hydrogens is 354 g/mol. The maximum atomic E-state index is 12.4. The van der Waals surface area contributed by atoms with Crippen LogP contribution in [0.3, 0.4) is 0 Å². The zero-order valence-electron chi connectivity index (χ0n) is 17.7. The lowest BCUT2D eigenvalue weighted by Crippen LogP contribution is -2.52. The second-order valence-electron chi connectivity index (χ2n) is 9.48. The third-order valence-electron chi connectivity index (χ3n) is 7.01. The van der Waals surface area contributed by atoms with E-state index in [2.05, 4.69) is 29.8 Å². The van der Waals surface area contributed by atoms with Gasteiger partial charge in [-0.25, -0.2) is 9.59 Å². The van der Waals surface area contributed by atoms with Gasteiger partial charge in [-0.2, -0.15) is 0 Å². The summed E-state index contributed by atoms with van der Waals surface area (Å²) >= 11 is 0. The standard InChI is InChI=1S/C22H39N3O3/c1-15-8-12-19(13-9-15)28-22(27)25-20-14-18(11-10-16(20)2)24-21(26)23-17-6-4-3-5-7-17/h15-20H,3-14H2,1-2H3,(H,25,27)(H2,23,24,26). The molecular formula is C22H39N3O3. The van der Waals surface area contributed by atoms with Crippen molar-refractivity contribution in [3.05, 3.63) is 0 Å². The molecule has 0 radical (unpaired) electrons. The van der Waals surface area contributed by atoms with Gasteiger partial charge in [0.1, 0.15) is 6.10 Å². The largest absolute Gasteiger partial charge is 0.446 e. The van der Waals surface area contributed by atoms with E-state index in [1.54, 1.807) is 0 Å². The van der Waals surface area contributed by atoms with Gasteiger partial charge in [0.2, 0.25) is 0 Å². The highest BCUT2D eigenvalue weighted by Gasteiger charge is 2.31. The predicted molar refractivity (Wildman–Crippen MR) is 110 cm³/mol. The van der Waals surface area contributed by atoms with Crippen LogP contribution < -0.4 is 16.0 Å². The van der Waals surface area contributed by atoms with Gasteiger partial charge in [0, 0.05) is 18.1 Å². The SMILES string of the molecule is CC1CCC(OC(=O)NC2CC(NC(=O)NC3CCCCC3)CCC2C)CC1. The van der Waals surface area contributed by atoms with Crippen molar-refractivity contribution in [2.75, 3.05) is 0 Å². The quantitative estimate of drug-likeness (QED) is 0.659. The first-order valence-electron chi connectivity index (χ1n) is 11.5. The van der Waals surface area contributed by atoms with Gasteiger partial charge in [0.15, 0.2) is 0 Å². The number of urea groups is 1. The molecule has 0 heterocycles. The van der Waals surface area contributed by atoms with Crippen molar-refractivity contribution in [2.45, 2.75) is 115 Å². The van der Waals surface area contributed by atoms with Gasteiger partial charge in [-0.3, -0.25) is 0 Å². The molecule has 0 aromatic rings. The maximum absolute atomic E-state index is 12.4. The summed E-state index contributed by atoms with van der Waals surface area (Å²) in [5.74, 6) is 1.14. The predicted octanol–water partition coefficient (Wildman–Crippen LogP) is 4.48. The Morgan fingerprint density at radius 3 is 2.14 bits per heavy atom. The number of hydrogen-bond acceptors (Lipinski definition) is 3. The molecule has 0 aromatic heterocycles. The second-order valence-corrected chi connectivity index (χ2v) is 9.48. The van der Waals surface area contributed by atoms with Crippen LogP contribution in [-0.4, -0.2) is 36.4 Å². The topological polar surface area (TPSA) is 79.5 Å². The number of ether oxygens (including phenoxy) is 1. The van der Waals surface area contributed by atoms with Crippen molar-refractivity contribution in [3.8, 4) is 0 Å². The van der Waals surface area contributed by atoms with E-state index in [9.17, 15) is 9.59 Å². The number of carbonyl (C=O) groups is 2. The van der Waals surface area contributed by atoms with Crippen LogP contribution in [0, 0.1) is 11.8 Å². The van der Waals surface area contributed by atoms with E-state index < -0.39 is 0 Å². The minimum atomic E-state index is -0.288. The fourth-order valence-corrected chi connectivity index (χ4v) is 5.00. The summed E-state index contributed by atoms with van der Waals surface area (Å²) in [5.41, 5.74) is 0. The van der Waals surface area contributed by atoms with Crippen LogP contribution >= 0.6 is 0 Å². The molecule has 160 valence electrons. The van der Waals surface area contributed by atoms with Crippen LogP contribution in [0.2, 0.25) is 0 Å². The lowest BCUT2D eigenvalue weighted by atomic mass is 9.83. The van der Waals surface area contributed by atoms with Crippen molar-refractivity contribution >= 4 is 12.1 Å². The zero-order chi connectivity index (χ0) is 19.9. The molecule has 3 rings (SSSR count).